The number of hydrogen-bond acceptors (Lipinski definition) is 6. The Bertz CT molecular complexity index is 1180. The summed E-state index contributed by atoms with van der Waals surface area (Å²) in [7, 11) is 3.05. The van der Waals surface area contributed by atoms with E-state index in [4.69, 9.17) is 9.47 Å². The fourth-order valence-electron chi connectivity index (χ4n) is 4.57. The summed E-state index contributed by atoms with van der Waals surface area (Å²) in [4.78, 5) is 14.7. The molecule has 2 amide bonds. The number of amides is 2. The van der Waals surface area contributed by atoms with Gasteiger partial charge >= 0.3 is 6.03 Å². The molecule has 186 valence electrons. The van der Waals surface area contributed by atoms with Crippen LogP contribution in [-0.4, -0.2) is 58.9 Å². The number of nitrogens with one attached hydrogen (secondary N) is 2. The first kappa shape index (κ1) is 24.4. The van der Waals surface area contributed by atoms with Gasteiger partial charge in [0.2, 0.25) is 5.82 Å². The number of rotatable bonds is 5. The van der Waals surface area contributed by atoms with Crippen LogP contribution in [0.15, 0.2) is 30.3 Å². The summed E-state index contributed by atoms with van der Waals surface area (Å²) in [5, 5.41) is 16.9. The van der Waals surface area contributed by atoms with Gasteiger partial charge in [-0.3, -0.25) is 0 Å². The molecule has 4 rings (SSSR count). The van der Waals surface area contributed by atoms with Crippen molar-refractivity contribution in [2.75, 3.05) is 32.6 Å². The molecule has 9 nitrogen and oxygen atoms in total. The molecule has 0 spiro atoms. The van der Waals surface area contributed by atoms with Crippen molar-refractivity contribution in [2.45, 2.75) is 33.6 Å². The van der Waals surface area contributed by atoms with Crippen LogP contribution >= 0.6 is 0 Å². The average Bonchev–Trinajstić information content (AvgIpc) is 3.38. The van der Waals surface area contributed by atoms with Crippen molar-refractivity contribution in [3.8, 4) is 34.0 Å². The number of piperidine rings is 1. The van der Waals surface area contributed by atoms with Gasteiger partial charge in [-0.25, -0.2) is 9.18 Å². The number of anilines is 1. The van der Waals surface area contributed by atoms with Gasteiger partial charge in [0.25, 0.3) is 0 Å². The first-order chi connectivity index (χ1) is 16.7. The van der Waals surface area contributed by atoms with Crippen molar-refractivity contribution >= 4 is 11.7 Å². The van der Waals surface area contributed by atoms with Crippen molar-refractivity contribution in [1.82, 2.24) is 25.5 Å². The Balaban J connectivity index is 1.63. The largest absolute Gasteiger partial charge is 0.493 e. The van der Waals surface area contributed by atoms with E-state index < -0.39 is 5.82 Å². The van der Waals surface area contributed by atoms with E-state index in [2.05, 4.69) is 46.7 Å². The minimum Gasteiger partial charge on any atom is -0.493 e. The standard InChI is InChI=1S/C25H31FN6O3/c1-25(2,3)16-8-10-32(11-9-16)24(33)27-17-13-18(23-28-30-31-29-23)22(19(26)14-17)15-6-7-20(34-4)21(12-15)35-5/h6-7,12-14,16H,8-11H2,1-5H3,(H,27,33)(H,28,29,30,31). The number of hydrogen-bond donors (Lipinski definition) is 2. The van der Waals surface area contributed by atoms with Gasteiger partial charge in [-0.15, -0.1) is 10.2 Å². The van der Waals surface area contributed by atoms with Gasteiger partial charge in [-0.2, -0.15) is 5.21 Å². The van der Waals surface area contributed by atoms with Gasteiger partial charge in [-0.05, 0) is 59.2 Å². The lowest BCUT2D eigenvalue weighted by Crippen LogP contribution is -2.43. The predicted molar refractivity (Wildman–Crippen MR) is 131 cm³/mol. The fourth-order valence-corrected chi connectivity index (χ4v) is 4.57. The minimum atomic E-state index is -0.540. The van der Waals surface area contributed by atoms with E-state index in [0.717, 1.165) is 12.8 Å². The summed E-state index contributed by atoms with van der Waals surface area (Å²) < 4.78 is 26.2. The molecule has 2 aromatic carbocycles. The first-order valence-corrected chi connectivity index (χ1v) is 11.6. The van der Waals surface area contributed by atoms with Crippen LogP contribution < -0.4 is 14.8 Å². The summed E-state index contributed by atoms with van der Waals surface area (Å²) in [5.74, 6) is 1.21. The number of nitrogens with zero attached hydrogens (tertiary/aromatic N) is 4. The number of aromatic nitrogens is 4. The van der Waals surface area contributed by atoms with Gasteiger partial charge in [0.1, 0.15) is 5.82 Å². The Kier molecular flexibility index (Phi) is 6.90. The number of urea groups is 1. The van der Waals surface area contributed by atoms with E-state index in [1.165, 1.54) is 20.3 Å². The number of aromatic amines is 1. The molecule has 0 bridgehead atoms. The molecule has 10 heteroatoms. The van der Waals surface area contributed by atoms with E-state index in [0.29, 0.717) is 47.3 Å². The maximum atomic E-state index is 15.6. The maximum Gasteiger partial charge on any atom is 0.321 e. The second-order valence-electron chi connectivity index (χ2n) is 9.74. The summed E-state index contributed by atoms with van der Waals surface area (Å²) in [6, 6.07) is 7.80. The van der Waals surface area contributed by atoms with E-state index in [1.807, 2.05) is 0 Å². The molecule has 1 aromatic heterocycles. The molecule has 1 aliphatic heterocycles. The highest BCUT2D eigenvalue weighted by molar-refractivity contribution is 5.92. The highest BCUT2D eigenvalue weighted by Crippen LogP contribution is 2.39. The molecule has 1 aliphatic rings. The summed E-state index contributed by atoms with van der Waals surface area (Å²) >= 11 is 0. The van der Waals surface area contributed by atoms with Gasteiger partial charge in [0.15, 0.2) is 11.5 Å². The first-order valence-electron chi connectivity index (χ1n) is 11.6. The number of likely N-dealkylation sites (tertiary alicyclic amines) is 1. The van der Waals surface area contributed by atoms with Crippen LogP contribution in [0.2, 0.25) is 0 Å². The number of carbonyl (C=O) groups is 1. The van der Waals surface area contributed by atoms with Crippen LogP contribution in [0.4, 0.5) is 14.9 Å². The number of halogens is 1. The van der Waals surface area contributed by atoms with Gasteiger partial charge < -0.3 is 19.7 Å². The Morgan fingerprint density at radius 3 is 2.43 bits per heavy atom. The van der Waals surface area contributed by atoms with E-state index >= 15 is 4.39 Å². The van der Waals surface area contributed by atoms with Crippen molar-refractivity contribution in [3.05, 3.63) is 36.1 Å². The molecule has 2 N–H and O–H groups in total. The SMILES string of the molecule is COc1ccc(-c2c(F)cc(NC(=O)N3CCC(C(C)(C)C)CC3)cc2-c2nn[nH]n2)cc1OC. The second-order valence-corrected chi connectivity index (χ2v) is 9.74. The monoisotopic (exact) mass is 482 g/mol. The Labute approximate surface area is 204 Å². The number of carbonyl (C=O) groups excluding carboxylic acids is 1. The third kappa shape index (κ3) is 5.21. The number of tetrazole rings is 1. The van der Waals surface area contributed by atoms with Crippen LogP contribution in [0.25, 0.3) is 22.5 Å². The molecule has 0 radical (unpaired) electrons. The molecule has 1 saturated heterocycles. The van der Waals surface area contributed by atoms with Gasteiger partial charge in [0.05, 0.1) is 14.2 Å². The van der Waals surface area contributed by atoms with Crippen molar-refractivity contribution in [2.24, 2.45) is 11.3 Å². The average molecular weight is 483 g/mol. The Morgan fingerprint density at radius 1 is 1.11 bits per heavy atom. The molecule has 1 fully saturated rings. The zero-order chi connectivity index (χ0) is 25.2. The Hall–Kier alpha value is -3.69. The van der Waals surface area contributed by atoms with Crippen LogP contribution in [0.5, 0.6) is 11.5 Å². The molecule has 3 aromatic rings. The topological polar surface area (TPSA) is 105 Å². The van der Waals surface area contributed by atoms with E-state index in [-0.39, 0.29) is 22.8 Å². The molecular formula is C25H31FN6O3. The Morgan fingerprint density at radius 2 is 1.83 bits per heavy atom. The molecule has 2 heterocycles. The van der Waals surface area contributed by atoms with Crippen LogP contribution in [-0.2, 0) is 0 Å². The van der Waals surface area contributed by atoms with Crippen molar-refractivity contribution < 1.29 is 18.7 Å². The van der Waals surface area contributed by atoms with Crippen LogP contribution in [0.1, 0.15) is 33.6 Å². The number of benzene rings is 2. The summed E-state index contributed by atoms with van der Waals surface area (Å²) in [6.45, 7) is 8.02. The van der Waals surface area contributed by atoms with E-state index in [9.17, 15) is 4.79 Å². The lowest BCUT2D eigenvalue weighted by atomic mass is 9.75. The van der Waals surface area contributed by atoms with Crippen LogP contribution in [0, 0.1) is 17.2 Å². The number of H-pyrrole nitrogens is 1. The van der Waals surface area contributed by atoms with Crippen LogP contribution in [0.3, 0.4) is 0 Å². The molecule has 0 saturated carbocycles. The maximum absolute atomic E-state index is 15.6. The van der Waals surface area contributed by atoms with Gasteiger partial charge in [-0.1, -0.05) is 26.8 Å². The lowest BCUT2D eigenvalue weighted by Gasteiger charge is -2.38. The fraction of sp³-hybridized carbons (Fsp3) is 0.440. The zero-order valence-electron chi connectivity index (χ0n) is 20.7. The molecule has 0 aliphatic carbocycles. The quantitative estimate of drug-likeness (QED) is 0.531. The second kappa shape index (κ2) is 9.89. The third-order valence-corrected chi connectivity index (χ3v) is 6.61. The molecule has 0 unspecified atom stereocenters. The third-order valence-electron chi connectivity index (χ3n) is 6.61. The normalized spacial score (nSPS) is 14.6. The highest BCUT2D eigenvalue weighted by Gasteiger charge is 2.30. The summed E-state index contributed by atoms with van der Waals surface area (Å²) in [6.07, 6.45) is 1.88. The van der Waals surface area contributed by atoms with Crippen molar-refractivity contribution in [1.29, 1.82) is 0 Å². The predicted octanol–water partition coefficient (Wildman–Crippen LogP) is 4.98. The lowest BCUT2D eigenvalue weighted by molar-refractivity contribution is 0.128. The molecule has 0 atom stereocenters. The molecular weight excluding hydrogens is 451 g/mol. The van der Waals surface area contributed by atoms with E-state index in [1.54, 1.807) is 29.2 Å². The zero-order valence-corrected chi connectivity index (χ0v) is 20.7. The number of ether oxygens (including phenoxy) is 2. The minimum absolute atomic E-state index is 0.204. The van der Waals surface area contributed by atoms with Crippen molar-refractivity contribution in [3.63, 3.8) is 0 Å². The smallest absolute Gasteiger partial charge is 0.321 e. The number of methoxy groups -OCH3 is 2. The van der Waals surface area contributed by atoms with Gasteiger partial charge in [0, 0.05) is 29.9 Å². The molecule has 35 heavy (non-hydrogen) atoms. The summed E-state index contributed by atoms with van der Waals surface area (Å²) in [5.41, 5.74) is 1.71. The highest BCUT2D eigenvalue weighted by atomic mass is 19.1.